The third kappa shape index (κ3) is 4.66. The molecule has 7 aromatic rings. The highest BCUT2D eigenvalue weighted by Gasteiger charge is 2.34. The monoisotopic (exact) mass is 594 g/mol. The van der Waals surface area contributed by atoms with Gasteiger partial charge >= 0.3 is 0 Å². The molecule has 0 radical (unpaired) electrons. The third-order valence-corrected chi connectivity index (χ3v) is 10.5. The van der Waals surface area contributed by atoms with Crippen molar-refractivity contribution in [2.24, 2.45) is 0 Å². The van der Waals surface area contributed by atoms with Crippen LogP contribution < -0.4 is 0 Å². The highest BCUT2D eigenvalue weighted by atomic mass is 32.1. The van der Waals surface area contributed by atoms with Gasteiger partial charge in [0.1, 0.15) is 11.2 Å². The number of para-hydroxylation sites is 1. The molecule has 44 heavy (non-hydrogen) atoms. The Morgan fingerprint density at radius 3 is 1.98 bits per heavy atom. The lowest BCUT2D eigenvalue weighted by atomic mass is 9.70. The summed E-state index contributed by atoms with van der Waals surface area (Å²) in [7, 11) is 0. The Labute approximate surface area is 265 Å². The molecule has 0 amide bonds. The first-order valence-electron chi connectivity index (χ1n) is 15.8. The van der Waals surface area contributed by atoms with Crippen molar-refractivity contribution in [2.75, 3.05) is 0 Å². The van der Waals surface area contributed by atoms with Crippen LogP contribution in [-0.4, -0.2) is 0 Å². The van der Waals surface area contributed by atoms with E-state index in [1.54, 1.807) is 0 Å². The van der Waals surface area contributed by atoms with Crippen LogP contribution in [0.2, 0.25) is 0 Å². The zero-order chi connectivity index (χ0) is 31.0. The largest absolute Gasteiger partial charge is 0.456 e. The summed E-state index contributed by atoms with van der Waals surface area (Å²) in [5.74, 6) is 0. The molecule has 0 aliphatic heterocycles. The van der Waals surface area contributed by atoms with Crippen molar-refractivity contribution in [2.45, 2.75) is 78.1 Å². The number of benzene rings is 5. The summed E-state index contributed by atoms with van der Waals surface area (Å²) in [4.78, 5) is 0. The number of rotatable bonds is 4. The topological polar surface area (TPSA) is 13.1 Å². The molecule has 0 aliphatic carbocycles. The van der Waals surface area contributed by atoms with E-state index in [1.165, 1.54) is 64.3 Å². The first-order valence-corrected chi connectivity index (χ1v) is 16.6. The number of thiophene rings is 1. The van der Waals surface area contributed by atoms with Crippen molar-refractivity contribution < 1.29 is 4.42 Å². The number of hydrogen-bond acceptors (Lipinski definition) is 2. The maximum atomic E-state index is 6.75. The summed E-state index contributed by atoms with van der Waals surface area (Å²) < 4.78 is 9.54. The van der Waals surface area contributed by atoms with Crippen LogP contribution in [0, 0.1) is 0 Å². The van der Waals surface area contributed by atoms with Gasteiger partial charge in [0.05, 0.1) is 0 Å². The molecule has 0 saturated heterocycles. The van der Waals surface area contributed by atoms with Crippen molar-refractivity contribution in [3.05, 3.63) is 119 Å². The van der Waals surface area contributed by atoms with Gasteiger partial charge in [-0.2, -0.15) is 0 Å². The highest BCUT2D eigenvalue weighted by molar-refractivity contribution is 7.26. The van der Waals surface area contributed by atoms with E-state index in [0.29, 0.717) is 0 Å². The van der Waals surface area contributed by atoms with Gasteiger partial charge in [0.15, 0.2) is 0 Å². The molecule has 0 atom stereocenters. The highest BCUT2D eigenvalue weighted by Crippen LogP contribution is 2.49. The quantitative estimate of drug-likeness (QED) is 0.198. The lowest BCUT2D eigenvalue weighted by Crippen LogP contribution is -2.25. The van der Waals surface area contributed by atoms with Gasteiger partial charge in [-0.05, 0) is 68.7 Å². The van der Waals surface area contributed by atoms with Crippen LogP contribution in [0.4, 0.5) is 0 Å². The minimum absolute atomic E-state index is 0.00663. The Morgan fingerprint density at radius 2 is 1.27 bits per heavy atom. The van der Waals surface area contributed by atoms with E-state index in [2.05, 4.69) is 152 Å². The van der Waals surface area contributed by atoms with E-state index in [9.17, 15) is 0 Å². The van der Waals surface area contributed by atoms with Gasteiger partial charge in [-0.1, -0.05) is 134 Å². The predicted octanol–water partition coefficient (Wildman–Crippen LogP) is 12.7. The third-order valence-electron chi connectivity index (χ3n) is 9.22. The summed E-state index contributed by atoms with van der Waals surface area (Å²) >= 11 is 1.96. The van der Waals surface area contributed by atoms with Gasteiger partial charge < -0.3 is 4.42 Å². The SMILES string of the molecule is CC(C)(C)c1cc(CC(C)(C)c2c(-c3ccccc3)ccc3c2oc2ccccc23)c2sc3ccccc3c2c1C(C)(C)C. The van der Waals surface area contributed by atoms with Crippen molar-refractivity contribution in [1.82, 2.24) is 0 Å². The molecule has 7 rings (SSSR count). The fraction of sp³-hybridized carbons (Fsp3) is 0.286. The molecule has 2 heterocycles. The first kappa shape index (κ1) is 28.9. The van der Waals surface area contributed by atoms with Gasteiger partial charge in [0.25, 0.3) is 0 Å². The van der Waals surface area contributed by atoms with Crippen LogP contribution in [0.25, 0.3) is 53.2 Å². The second-order valence-electron chi connectivity index (χ2n) is 15.2. The number of furan rings is 1. The van der Waals surface area contributed by atoms with E-state index in [4.69, 9.17) is 4.42 Å². The normalized spacial score (nSPS) is 13.1. The lowest BCUT2D eigenvalue weighted by Gasteiger charge is -2.34. The Bertz CT molecular complexity index is 2180. The van der Waals surface area contributed by atoms with Gasteiger partial charge in [0, 0.05) is 36.5 Å². The van der Waals surface area contributed by atoms with E-state index in [-0.39, 0.29) is 16.2 Å². The van der Waals surface area contributed by atoms with Crippen molar-refractivity contribution >= 4 is 53.4 Å². The molecule has 222 valence electrons. The lowest BCUT2D eigenvalue weighted by molar-refractivity contribution is 0.512. The van der Waals surface area contributed by atoms with E-state index < -0.39 is 0 Å². The zero-order valence-corrected chi connectivity index (χ0v) is 28.1. The summed E-state index contributed by atoms with van der Waals surface area (Å²) in [6, 6.07) is 35.4. The molecular weight excluding hydrogens is 553 g/mol. The molecule has 0 aliphatic rings. The Kier molecular flexibility index (Phi) is 6.61. The Balaban J connectivity index is 1.54. The average molecular weight is 595 g/mol. The molecule has 0 N–H and O–H groups in total. The molecule has 2 heteroatoms. The van der Waals surface area contributed by atoms with Crippen LogP contribution in [0.5, 0.6) is 0 Å². The number of fused-ring (bicyclic) bond motifs is 6. The fourth-order valence-corrected chi connectivity index (χ4v) is 8.57. The second-order valence-corrected chi connectivity index (χ2v) is 16.2. The van der Waals surface area contributed by atoms with Crippen molar-refractivity contribution in [1.29, 1.82) is 0 Å². The molecule has 0 saturated carbocycles. The molecule has 0 spiro atoms. The van der Waals surface area contributed by atoms with Crippen LogP contribution in [0.15, 0.2) is 101 Å². The minimum Gasteiger partial charge on any atom is -0.456 e. The Hall–Kier alpha value is -3.88. The molecule has 0 unspecified atom stereocenters. The van der Waals surface area contributed by atoms with Crippen molar-refractivity contribution in [3.8, 4) is 11.1 Å². The maximum Gasteiger partial charge on any atom is 0.139 e. The molecule has 0 fully saturated rings. The van der Waals surface area contributed by atoms with E-state index in [0.717, 1.165) is 17.6 Å². The molecule has 1 nitrogen and oxygen atoms in total. The predicted molar refractivity (Wildman–Crippen MR) is 193 cm³/mol. The van der Waals surface area contributed by atoms with Gasteiger partial charge in [-0.15, -0.1) is 11.3 Å². The summed E-state index contributed by atoms with van der Waals surface area (Å²) in [5, 5.41) is 5.19. The molecule has 2 aromatic heterocycles. The minimum atomic E-state index is -0.222. The second kappa shape index (κ2) is 10.1. The summed E-state index contributed by atoms with van der Waals surface area (Å²) in [5.41, 5.74) is 9.88. The smallest absolute Gasteiger partial charge is 0.139 e. The summed E-state index contributed by atoms with van der Waals surface area (Å²) in [6.07, 6.45) is 0.903. The van der Waals surface area contributed by atoms with E-state index >= 15 is 0 Å². The maximum absolute atomic E-state index is 6.75. The Morgan fingerprint density at radius 1 is 0.614 bits per heavy atom. The van der Waals surface area contributed by atoms with Gasteiger partial charge in [-0.25, -0.2) is 0 Å². The van der Waals surface area contributed by atoms with Gasteiger partial charge in [0.2, 0.25) is 0 Å². The number of hydrogen-bond donors (Lipinski definition) is 0. The fourth-order valence-electron chi connectivity index (χ4n) is 7.35. The van der Waals surface area contributed by atoms with E-state index in [1.807, 2.05) is 11.3 Å². The molecular formula is C42H42OS. The van der Waals surface area contributed by atoms with Crippen LogP contribution in [0.3, 0.4) is 0 Å². The molecule has 0 bridgehead atoms. The molecule has 5 aromatic carbocycles. The summed E-state index contributed by atoms with van der Waals surface area (Å²) in [6.45, 7) is 19.1. The average Bonchev–Trinajstić information content (AvgIpc) is 3.54. The zero-order valence-electron chi connectivity index (χ0n) is 27.3. The van der Waals surface area contributed by atoms with Gasteiger partial charge in [-0.3, -0.25) is 0 Å². The van der Waals surface area contributed by atoms with Crippen LogP contribution in [-0.2, 0) is 22.7 Å². The first-order chi connectivity index (χ1) is 20.8. The van der Waals surface area contributed by atoms with Crippen molar-refractivity contribution in [3.63, 3.8) is 0 Å². The van der Waals surface area contributed by atoms with Crippen LogP contribution >= 0.6 is 11.3 Å². The standard InChI is InChI=1S/C42H42OS/c1-40(2,3)32-24-27(39-35(37(32)41(4,5)6)31-19-13-15-21-34(31)44-39)25-42(7,8)36-28(26-16-10-9-11-17-26)22-23-30-29-18-12-14-20-33(29)43-38(30)36/h9-24H,25H2,1-8H3. The van der Waals surface area contributed by atoms with Crippen LogP contribution in [0.1, 0.15) is 77.6 Å².